The Morgan fingerprint density at radius 1 is 1.25 bits per heavy atom. The van der Waals surface area contributed by atoms with E-state index in [1.807, 2.05) is 11.0 Å². The minimum absolute atomic E-state index is 0.0923. The number of carbonyl (C=O) groups is 1. The second kappa shape index (κ2) is 8.49. The fraction of sp³-hybridized carbons (Fsp3) is 0.333. The number of para-hydroxylation sites is 1. The molecule has 0 N–H and O–H groups in total. The molecule has 1 saturated heterocycles. The maximum absolute atomic E-state index is 12.9. The van der Waals surface area contributed by atoms with Crippen molar-refractivity contribution in [1.29, 1.82) is 0 Å². The summed E-state index contributed by atoms with van der Waals surface area (Å²) in [5.74, 6) is 0.221. The van der Waals surface area contributed by atoms with Crippen molar-refractivity contribution in [2.24, 2.45) is 0 Å². The number of carbonyl (C=O) groups excluding carboxylic acids is 1. The van der Waals surface area contributed by atoms with Gasteiger partial charge in [-0.1, -0.05) is 23.5 Å². The van der Waals surface area contributed by atoms with Gasteiger partial charge >= 0.3 is 0 Å². The molecule has 146 valence electrons. The normalized spacial score (nSPS) is 15.1. The van der Waals surface area contributed by atoms with Crippen molar-refractivity contribution in [3.8, 4) is 5.19 Å². The van der Waals surface area contributed by atoms with Crippen LogP contribution in [-0.4, -0.2) is 40.7 Å². The topological polar surface area (TPSA) is 42.4 Å². The standard InChI is InChI=1S/C21H21FN2O2S2/c1-14-3-2-4-18-20(14)23-21(28-18)26-16-9-11-24(12-10-16)19(25)13-27-17-7-5-15(22)6-8-17/h2-8,16H,9-13H2,1H3. The Labute approximate surface area is 171 Å². The first kappa shape index (κ1) is 19.2. The van der Waals surface area contributed by atoms with Crippen LogP contribution in [0.3, 0.4) is 0 Å². The minimum Gasteiger partial charge on any atom is -0.467 e. The van der Waals surface area contributed by atoms with Crippen LogP contribution < -0.4 is 4.74 Å². The lowest BCUT2D eigenvalue weighted by atomic mass is 10.1. The van der Waals surface area contributed by atoms with Gasteiger partial charge < -0.3 is 9.64 Å². The molecule has 28 heavy (non-hydrogen) atoms. The molecule has 0 radical (unpaired) electrons. The van der Waals surface area contributed by atoms with E-state index in [2.05, 4.69) is 24.0 Å². The lowest BCUT2D eigenvalue weighted by Crippen LogP contribution is -2.42. The van der Waals surface area contributed by atoms with Crippen LogP contribution in [0.2, 0.25) is 0 Å². The summed E-state index contributed by atoms with van der Waals surface area (Å²) < 4.78 is 20.2. The third-order valence-corrected chi connectivity index (χ3v) is 6.75. The number of thioether (sulfide) groups is 1. The second-order valence-corrected chi connectivity index (χ2v) is 8.88. The summed E-state index contributed by atoms with van der Waals surface area (Å²) in [6.07, 6.45) is 1.71. The number of fused-ring (bicyclic) bond motifs is 1. The Hall–Kier alpha value is -2.12. The van der Waals surface area contributed by atoms with Crippen molar-refractivity contribution in [2.75, 3.05) is 18.8 Å². The molecule has 1 aliphatic rings. The van der Waals surface area contributed by atoms with Crippen molar-refractivity contribution in [2.45, 2.75) is 30.8 Å². The molecule has 2 heterocycles. The number of hydrogen-bond acceptors (Lipinski definition) is 5. The largest absolute Gasteiger partial charge is 0.467 e. The summed E-state index contributed by atoms with van der Waals surface area (Å²) in [4.78, 5) is 19.8. The van der Waals surface area contributed by atoms with E-state index in [0.29, 0.717) is 24.0 Å². The molecule has 1 amide bonds. The van der Waals surface area contributed by atoms with E-state index in [0.717, 1.165) is 33.5 Å². The molecule has 0 aliphatic carbocycles. The number of piperidine rings is 1. The van der Waals surface area contributed by atoms with Gasteiger partial charge in [0.2, 0.25) is 5.91 Å². The van der Waals surface area contributed by atoms with Crippen LogP contribution in [-0.2, 0) is 4.79 Å². The smallest absolute Gasteiger partial charge is 0.274 e. The number of aromatic nitrogens is 1. The molecule has 0 unspecified atom stereocenters. The van der Waals surface area contributed by atoms with Gasteiger partial charge in [0.25, 0.3) is 5.19 Å². The quantitative estimate of drug-likeness (QED) is 0.555. The number of nitrogens with zero attached hydrogens (tertiary/aromatic N) is 2. The molecule has 0 atom stereocenters. The molecule has 4 nitrogen and oxygen atoms in total. The van der Waals surface area contributed by atoms with Crippen LogP contribution in [0.4, 0.5) is 4.39 Å². The van der Waals surface area contributed by atoms with Crippen LogP contribution in [0.25, 0.3) is 10.2 Å². The molecule has 7 heteroatoms. The number of aryl methyl sites for hydroxylation is 1. The first-order valence-electron chi connectivity index (χ1n) is 9.27. The van der Waals surface area contributed by atoms with Crippen molar-refractivity contribution in [3.05, 3.63) is 53.8 Å². The fourth-order valence-corrected chi connectivity index (χ4v) is 5.01. The molecule has 2 aromatic carbocycles. The van der Waals surface area contributed by atoms with Gasteiger partial charge in [-0.05, 0) is 42.8 Å². The molecule has 1 aliphatic heterocycles. The number of thiazole rings is 1. The predicted molar refractivity (Wildman–Crippen MR) is 112 cm³/mol. The average molecular weight is 417 g/mol. The Bertz CT molecular complexity index is 966. The minimum atomic E-state index is -0.263. The Kier molecular flexibility index (Phi) is 5.82. The SMILES string of the molecule is Cc1cccc2sc(OC3CCN(C(=O)CSc4ccc(F)cc4)CC3)nc12. The van der Waals surface area contributed by atoms with Gasteiger partial charge in [-0.2, -0.15) is 0 Å². The van der Waals surface area contributed by atoms with Crippen molar-refractivity contribution in [1.82, 2.24) is 9.88 Å². The van der Waals surface area contributed by atoms with Crippen LogP contribution in [0.1, 0.15) is 18.4 Å². The molecule has 0 saturated carbocycles. The van der Waals surface area contributed by atoms with Crippen LogP contribution >= 0.6 is 23.1 Å². The maximum atomic E-state index is 12.9. The first-order chi connectivity index (χ1) is 13.6. The van der Waals surface area contributed by atoms with Crippen LogP contribution in [0.5, 0.6) is 5.19 Å². The van der Waals surface area contributed by atoms with E-state index in [9.17, 15) is 9.18 Å². The molecule has 0 bridgehead atoms. The van der Waals surface area contributed by atoms with Crippen molar-refractivity contribution >= 4 is 39.2 Å². The Morgan fingerprint density at radius 3 is 2.71 bits per heavy atom. The Morgan fingerprint density at radius 2 is 2.00 bits per heavy atom. The van der Waals surface area contributed by atoms with Gasteiger partial charge in [0, 0.05) is 30.8 Å². The average Bonchev–Trinajstić information content (AvgIpc) is 3.12. The number of benzene rings is 2. The van der Waals surface area contributed by atoms with E-state index in [1.54, 1.807) is 23.5 Å². The zero-order valence-electron chi connectivity index (χ0n) is 15.6. The van der Waals surface area contributed by atoms with Crippen LogP contribution in [0, 0.1) is 12.7 Å². The maximum Gasteiger partial charge on any atom is 0.274 e. The summed E-state index contributed by atoms with van der Waals surface area (Å²) in [5.41, 5.74) is 2.16. The highest BCUT2D eigenvalue weighted by molar-refractivity contribution is 8.00. The molecular formula is C21H21FN2O2S2. The third kappa shape index (κ3) is 4.47. The predicted octanol–water partition coefficient (Wildman–Crippen LogP) is 4.91. The van der Waals surface area contributed by atoms with Crippen LogP contribution in [0.15, 0.2) is 47.4 Å². The zero-order chi connectivity index (χ0) is 19.5. The summed E-state index contributed by atoms with van der Waals surface area (Å²) >= 11 is 3.02. The first-order valence-corrected chi connectivity index (χ1v) is 11.1. The summed E-state index contributed by atoms with van der Waals surface area (Å²) in [7, 11) is 0. The van der Waals surface area contributed by atoms with E-state index >= 15 is 0 Å². The monoisotopic (exact) mass is 416 g/mol. The van der Waals surface area contributed by atoms with E-state index in [-0.39, 0.29) is 17.8 Å². The van der Waals surface area contributed by atoms with Gasteiger partial charge in [-0.3, -0.25) is 4.79 Å². The highest BCUT2D eigenvalue weighted by Crippen LogP contribution is 2.31. The summed E-state index contributed by atoms with van der Waals surface area (Å²) in [6, 6.07) is 12.4. The number of amides is 1. The fourth-order valence-electron chi connectivity index (χ4n) is 3.25. The second-order valence-electron chi connectivity index (χ2n) is 6.84. The van der Waals surface area contributed by atoms with Gasteiger partial charge in [0.05, 0.1) is 16.0 Å². The van der Waals surface area contributed by atoms with Crippen molar-refractivity contribution < 1.29 is 13.9 Å². The molecule has 1 fully saturated rings. The zero-order valence-corrected chi connectivity index (χ0v) is 17.2. The number of rotatable bonds is 5. The Balaban J connectivity index is 1.27. The van der Waals surface area contributed by atoms with E-state index < -0.39 is 0 Å². The lowest BCUT2D eigenvalue weighted by molar-refractivity contribution is -0.130. The number of halogens is 1. The third-order valence-electron chi connectivity index (χ3n) is 4.84. The molecule has 4 rings (SSSR count). The highest BCUT2D eigenvalue weighted by atomic mass is 32.2. The lowest BCUT2D eigenvalue weighted by Gasteiger charge is -2.31. The summed E-state index contributed by atoms with van der Waals surface area (Å²) in [6.45, 7) is 3.44. The number of likely N-dealkylation sites (tertiary alicyclic amines) is 1. The summed E-state index contributed by atoms with van der Waals surface area (Å²) in [5, 5.41) is 0.709. The van der Waals surface area contributed by atoms with Crippen molar-refractivity contribution in [3.63, 3.8) is 0 Å². The van der Waals surface area contributed by atoms with Gasteiger partial charge in [0.1, 0.15) is 11.9 Å². The number of hydrogen-bond donors (Lipinski definition) is 0. The van der Waals surface area contributed by atoms with Gasteiger partial charge in [-0.25, -0.2) is 9.37 Å². The van der Waals surface area contributed by atoms with E-state index in [1.165, 1.54) is 23.9 Å². The number of ether oxygens (including phenoxy) is 1. The van der Waals surface area contributed by atoms with Gasteiger partial charge in [-0.15, -0.1) is 11.8 Å². The molecule has 0 spiro atoms. The van der Waals surface area contributed by atoms with E-state index in [4.69, 9.17) is 4.74 Å². The molecule has 3 aromatic rings. The molecule has 1 aromatic heterocycles. The van der Waals surface area contributed by atoms with Gasteiger partial charge in [0.15, 0.2) is 0 Å². The molecular weight excluding hydrogens is 395 g/mol. The highest BCUT2D eigenvalue weighted by Gasteiger charge is 2.24.